The van der Waals surface area contributed by atoms with Crippen molar-refractivity contribution in [3.63, 3.8) is 0 Å². The summed E-state index contributed by atoms with van der Waals surface area (Å²) in [4.78, 5) is 13.0. The Morgan fingerprint density at radius 3 is 2.33 bits per heavy atom. The van der Waals surface area contributed by atoms with Crippen LogP contribution in [0.5, 0.6) is 0 Å². The van der Waals surface area contributed by atoms with E-state index in [0.717, 1.165) is 11.3 Å². The number of hydrogen-bond acceptors (Lipinski definition) is 4. The molecule has 0 saturated carbocycles. The normalized spacial score (nSPS) is 14.8. The van der Waals surface area contributed by atoms with E-state index < -0.39 is 11.5 Å². The lowest BCUT2D eigenvalue weighted by atomic mass is 9.83. The van der Waals surface area contributed by atoms with Gasteiger partial charge in [-0.15, -0.1) is 11.8 Å². The van der Waals surface area contributed by atoms with Crippen LogP contribution in [0, 0.1) is 11.3 Å². The maximum absolute atomic E-state index is 11.9. The molecular weight excluding hydrogens is 284 g/mol. The number of benzene rings is 1. The number of rotatable bonds is 7. The van der Waals surface area contributed by atoms with Crippen molar-refractivity contribution in [2.45, 2.75) is 50.4 Å². The van der Waals surface area contributed by atoms with Crippen LogP contribution in [0.3, 0.4) is 0 Å². The zero-order chi connectivity index (χ0) is 16.0. The van der Waals surface area contributed by atoms with E-state index in [1.807, 2.05) is 30.3 Å². The summed E-state index contributed by atoms with van der Waals surface area (Å²) in [7, 11) is 1.36. The summed E-state index contributed by atoms with van der Waals surface area (Å²) in [5.74, 6) is 0.0618. The molecule has 1 rings (SSSR count). The quantitative estimate of drug-likeness (QED) is 0.615. The van der Waals surface area contributed by atoms with Crippen LogP contribution in [0.25, 0.3) is 0 Å². The molecule has 0 radical (unpaired) electrons. The van der Waals surface area contributed by atoms with Gasteiger partial charge in [-0.05, 0) is 38.3 Å². The third-order valence-corrected chi connectivity index (χ3v) is 4.83. The second kappa shape index (κ2) is 7.85. The molecule has 0 heterocycles. The fraction of sp³-hybridized carbons (Fsp3) is 0.588. The second-order valence-corrected chi connectivity index (χ2v) is 7.57. The van der Waals surface area contributed by atoms with E-state index in [0.29, 0.717) is 5.92 Å². The molecule has 0 amide bonds. The number of methoxy groups -OCH3 is 1. The molecule has 0 aliphatic heterocycles. The van der Waals surface area contributed by atoms with Crippen molar-refractivity contribution < 1.29 is 14.6 Å². The van der Waals surface area contributed by atoms with E-state index in [9.17, 15) is 9.90 Å². The van der Waals surface area contributed by atoms with Crippen molar-refractivity contribution in [1.29, 1.82) is 0 Å². The molecule has 21 heavy (non-hydrogen) atoms. The maximum atomic E-state index is 11.9. The Hall–Kier alpha value is -1.00. The summed E-state index contributed by atoms with van der Waals surface area (Å²) in [6, 6.07) is 9.97. The molecule has 0 fully saturated rings. The SMILES string of the molecule is COC(=O)C(C)(C)[C@H](O)[C@H](CC(C)C)Sc1ccccc1. The highest BCUT2D eigenvalue weighted by Gasteiger charge is 2.41. The third-order valence-electron chi connectivity index (χ3n) is 3.54. The number of carbonyl (C=O) groups is 1. The van der Waals surface area contributed by atoms with Gasteiger partial charge in [0.1, 0.15) is 0 Å². The van der Waals surface area contributed by atoms with E-state index in [1.165, 1.54) is 7.11 Å². The van der Waals surface area contributed by atoms with Crippen molar-refractivity contribution >= 4 is 17.7 Å². The molecule has 0 saturated heterocycles. The molecule has 0 unspecified atom stereocenters. The minimum Gasteiger partial charge on any atom is -0.469 e. The first kappa shape index (κ1) is 18.1. The van der Waals surface area contributed by atoms with E-state index in [4.69, 9.17) is 4.74 Å². The van der Waals surface area contributed by atoms with Crippen LogP contribution < -0.4 is 0 Å². The second-order valence-electron chi connectivity index (χ2n) is 6.26. The Morgan fingerprint density at radius 2 is 1.86 bits per heavy atom. The van der Waals surface area contributed by atoms with Crippen LogP contribution in [0.15, 0.2) is 35.2 Å². The van der Waals surface area contributed by atoms with Crippen LogP contribution in [0.4, 0.5) is 0 Å². The zero-order valence-corrected chi connectivity index (χ0v) is 14.3. The minimum atomic E-state index is -0.921. The standard InChI is InChI=1S/C17H26O3S/c1-12(2)11-14(21-13-9-7-6-8-10-13)15(18)17(3,4)16(19)20-5/h6-10,12,14-15,18H,11H2,1-5H3/t14-,15+/m0/s1. The number of esters is 1. The lowest BCUT2D eigenvalue weighted by molar-refractivity contribution is -0.157. The first-order chi connectivity index (χ1) is 9.78. The Kier molecular flexibility index (Phi) is 6.75. The Labute approximate surface area is 132 Å². The summed E-state index contributed by atoms with van der Waals surface area (Å²) < 4.78 is 4.83. The number of aliphatic hydroxyl groups is 1. The predicted octanol–water partition coefficient (Wildman–Crippen LogP) is 3.75. The van der Waals surface area contributed by atoms with Gasteiger partial charge in [0.2, 0.25) is 0 Å². The zero-order valence-electron chi connectivity index (χ0n) is 13.5. The van der Waals surface area contributed by atoms with Crippen molar-refractivity contribution in [3.05, 3.63) is 30.3 Å². The number of aliphatic hydroxyl groups excluding tert-OH is 1. The maximum Gasteiger partial charge on any atom is 0.313 e. The lowest BCUT2D eigenvalue weighted by Crippen LogP contribution is -2.44. The molecular formula is C17H26O3S. The first-order valence-electron chi connectivity index (χ1n) is 7.27. The molecule has 1 aromatic rings. The van der Waals surface area contributed by atoms with Gasteiger partial charge in [0.25, 0.3) is 0 Å². The number of thioether (sulfide) groups is 1. The highest BCUT2D eigenvalue weighted by molar-refractivity contribution is 8.00. The molecule has 0 aliphatic carbocycles. The Bertz CT molecular complexity index is 443. The average molecular weight is 310 g/mol. The molecule has 0 spiro atoms. The molecule has 0 aliphatic rings. The van der Waals surface area contributed by atoms with Gasteiger partial charge in [-0.25, -0.2) is 0 Å². The summed E-state index contributed by atoms with van der Waals surface area (Å²) >= 11 is 1.62. The van der Waals surface area contributed by atoms with Gasteiger partial charge in [0, 0.05) is 10.1 Å². The molecule has 1 N–H and O–H groups in total. The van der Waals surface area contributed by atoms with Crippen molar-refractivity contribution in [2.75, 3.05) is 7.11 Å². The molecule has 3 nitrogen and oxygen atoms in total. The van der Waals surface area contributed by atoms with Crippen LogP contribution in [0.1, 0.15) is 34.1 Å². The average Bonchev–Trinajstić information content (AvgIpc) is 2.45. The van der Waals surface area contributed by atoms with Crippen molar-refractivity contribution in [1.82, 2.24) is 0 Å². The van der Waals surface area contributed by atoms with Crippen LogP contribution in [0.2, 0.25) is 0 Å². The smallest absolute Gasteiger partial charge is 0.313 e. The number of ether oxygens (including phenoxy) is 1. The summed E-state index contributed by atoms with van der Waals surface area (Å²) in [5.41, 5.74) is -0.921. The third kappa shape index (κ3) is 5.04. The molecule has 118 valence electrons. The van der Waals surface area contributed by atoms with Crippen LogP contribution in [-0.2, 0) is 9.53 Å². The first-order valence-corrected chi connectivity index (χ1v) is 8.15. The van der Waals surface area contributed by atoms with E-state index in [1.54, 1.807) is 25.6 Å². The topological polar surface area (TPSA) is 46.5 Å². The molecule has 2 atom stereocenters. The summed E-state index contributed by atoms with van der Waals surface area (Å²) in [6.45, 7) is 7.72. The van der Waals surface area contributed by atoms with Gasteiger partial charge in [-0.1, -0.05) is 32.0 Å². The van der Waals surface area contributed by atoms with E-state index in [2.05, 4.69) is 13.8 Å². The van der Waals surface area contributed by atoms with Crippen LogP contribution in [-0.4, -0.2) is 29.5 Å². The molecule has 0 aromatic heterocycles. The van der Waals surface area contributed by atoms with Gasteiger partial charge < -0.3 is 9.84 Å². The Morgan fingerprint density at radius 1 is 1.29 bits per heavy atom. The minimum absolute atomic E-state index is 0.0542. The largest absolute Gasteiger partial charge is 0.469 e. The van der Waals surface area contributed by atoms with Gasteiger partial charge in [0.05, 0.1) is 18.6 Å². The highest BCUT2D eigenvalue weighted by atomic mass is 32.2. The number of hydrogen-bond donors (Lipinski definition) is 1. The van der Waals surface area contributed by atoms with E-state index >= 15 is 0 Å². The molecule has 4 heteroatoms. The Balaban J connectivity index is 2.93. The summed E-state index contributed by atoms with van der Waals surface area (Å²) in [6.07, 6.45) is 0.0683. The fourth-order valence-electron chi connectivity index (χ4n) is 2.23. The monoisotopic (exact) mass is 310 g/mol. The van der Waals surface area contributed by atoms with Crippen molar-refractivity contribution in [3.8, 4) is 0 Å². The van der Waals surface area contributed by atoms with Crippen LogP contribution >= 0.6 is 11.8 Å². The number of carbonyl (C=O) groups excluding carboxylic acids is 1. The van der Waals surface area contributed by atoms with Gasteiger partial charge in [-0.2, -0.15) is 0 Å². The van der Waals surface area contributed by atoms with Gasteiger partial charge in [0.15, 0.2) is 0 Å². The van der Waals surface area contributed by atoms with Gasteiger partial charge in [-0.3, -0.25) is 4.79 Å². The highest BCUT2D eigenvalue weighted by Crippen LogP contribution is 2.37. The lowest BCUT2D eigenvalue weighted by Gasteiger charge is -2.34. The van der Waals surface area contributed by atoms with Gasteiger partial charge >= 0.3 is 5.97 Å². The van der Waals surface area contributed by atoms with E-state index in [-0.39, 0.29) is 11.2 Å². The molecule has 0 bridgehead atoms. The summed E-state index contributed by atoms with van der Waals surface area (Å²) in [5, 5.41) is 10.7. The predicted molar refractivity (Wildman–Crippen MR) is 87.3 cm³/mol. The molecule has 1 aromatic carbocycles. The van der Waals surface area contributed by atoms with Crippen molar-refractivity contribution in [2.24, 2.45) is 11.3 Å². The fourth-order valence-corrected chi connectivity index (χ4v) is 3.84.